The number of nitrogens with zero attached hydrogens (tertiary/aromatic N) is 2. The number of nitrogens with one attached hydrogen (secondary N) is 1. The molecule has 1 fully saturated rings. The van der Waals surface area contributed by atoms with Gasteiger partial charge in [0.25, 0.3) is 10.0 Å². The molecule has 1 aliphatic heterocycles. The second-order valence-corrected chi connectivity index (χ2v) is 8.95. The normalized spacial score (nSPS) is 18.9. The summed E-state index contributed by atoms with van der Waals surface area (Å²) in [5.41, 5.74) is 0.902. The number of aryl methyl sites for hydroxylation is 1. The average molecular weight is 366 g/mol. The van der Waals surface area contributed by atoms with Gasteiger partial charge in [0, 0.05) is 19.1 Å². The fourth-order valence-electron chi connectivity index (χ4n) is 3.17. The van der Waals surface area contributed by atoms with Gasteiger partial charge in [0.2, 0.25) is 0 Å². The lowest BCUT2D eigenvalue weighted by atomic mass is 10.1. The van der Waals surface area contributed by atoms with Crippen molar-refractivity contribution in [3.63, 3.8) is 0 Å². The van der Waals surface area contributed by atoms with Gasteiger partial charge in [0.15, 0.2) is 5.03 Å². The van der Waals surface area contributed by atoms with Gasteiger partial charge in [-0.15, -0.1) is 11.3 Å². The van der Waals surface area contributed by atoms with Crippen LogP contribution in [0.15, 0.2) is 35.4 Å². The minimum atomic E-state index is -3.62. The zero-order valence-corrected chi connectivity index (χ0v) is 15.7. The van der Waals surface area contributed by atoms with Gasteiger partial charge in [-0.25, -0.2) is 13.4 Å². The molecule has 1 aliphatic rings. The Hall–Kier alpha value is -1.28. The van der Waals surface area contributed by atoms with Gasteiger partial charge in [-0.05, 0) is 31.9 Å². The summed E-state index contributed by atoms with van der Waals surface area (Å²) >= 11 is 1.44. The lowest BCUT2D eigenvalue weighted by Crippen LogP contribution is -2.48. The molecule has 2 heterocycles. The molecule has 24 heavy (non-hydrogen) atoms. The Balaban J connectivity index is 2.03. The van der Waals surface area contributed by atoms with Crippen LogP contribution in [0.5, 0.6) is 0 Å². The third-order valence-corrected chi connectivity index (χ3v) is 7.39. The molecule has 0 amide bonds. The van der Waals surface area contributed by atoms with Gasteiger partial charge >= 0.3 is 0 Å². The number of likely N-dealkylation sites (N-methyl/N-ethyl adjacent to an activating group) is 1. The van der Waals surface area contributed by atoms with Crippen molar-refractivity contribution in [2.75, 3.05) is 19.6 Å². The van der Waals surface area contributed by atoms with Crippen molar-refractivity contribution >= 4 is 21.4 Å². The van der Waals surface area contributed by atoms with E-state index in [1.807, 2.05) is 44.2 Å². The van der Waals surface area contributed by atoms with E-state index < -0.39 is 10.0 Å². The molecular formula is C17H23N3O2S2. The van der Waals surface area contributed by atoms with E-state index >= 15 is 0 Å². The molecule has 0 saturated carbocycles. The Bertz CT molecular complexity index is 781. The topological polar surface area (TPSA) is 62.3 Å². The van der Waals surface area contributed by atoms with Gasteiger partial charge in [-0.3, -0.25) is 0 Å². The van der Waals surface area contributed by atoms with Crippen LogP contribution < -0.4 is 5.32 Å². The van der Waals surface area contributed by atoms with Crippen LogP contribution in [0, 0.1) is 6.92 Å². The third kappa shape index (κ3) is 3.39. The van der Waals surface area contributed by atoms with Crippen molar-refractivity contribution in [2.45, 2.75) is 37.8 Å². The Morgan fingerprint density at radius 1 is 1.33 bits per heavy atom. The predicted octanol–water partition coefficient (Wildman–Crippen LogP) is 2.88. The molecule has 1 aromatic carbocycles. The predicted molar refractivity (Wildman–Crippen MR) is 97.7 cm³/mol. The summed E-state index contributed by atoms with van der Waals surface area (Å²) in [6.07, 6.45) is 1.89. The quantitative estimate of drug-likeness (QED) is 0.885. The fraction of sp³-hybridized carbons (Fsp3) is 0.471. The van der Waals surface area contributed by atoms with Crippen LogP contribution in [0.1, 0.15) is 24.8 Å². The lowest BCUT2D eigenvalue weighted by Gasteiger charge is -2.32. The molecule has 0 aliphatic carbocycles. The van der Waals surface area contributed by atoms with Crippen LogP contribution >= 0.6 is 11.3 Å². The second-order valence-electron chi connectivity index (χ2n) is 5.94. The van der Waals surface area contributed by atoms with E-state index in [0.29, 0.717) is 13.1 Å². The number of benzene rings is 1. The molecule has 0 spiro atoms. The van der Waals surface area contributed by atoms with Crippen molar-refractivity contribution in [3.05, 3.63) is 35.3 Å². The van der Waals surface area contributed by atoms with E-state index in [0.717, 1.165) is 34.8 Å². The first-order valence-electron chi connectivity index (χ1n) is 8.29. The average Bonchev–Trinajstić information content (AvgIpc) is 3.00. The van der Waals surface area contributed by atoms with Crippen LogP contribution in [0.25, 0.3) is 10.4 Å². The molecule has 1 saturated heterocycles. The number of sulfonamides is 1. The maximum Gasteiger partial charge on any atom is 0.262 e. The monoisotopic (exact) mass is 365 g/mol. The third-order valence-electron chi connectivity index (χ3n) is 4.28. The molecule has 5 nitrogen and oxygen atoms in total. The zero-order valence-electron chi connectivity index (χ0n) is 14.0. The van der Waals surface area contributed by atoms with Gasteiger partial charge in [0.05, 0.1) is 9.88 Å². The maximum atomic E-state index is 13.3. The van der Waals surface area contributed by atoms with Crippen molar-refractivity contribution in [1.29, 1.82) is 0 Å². The fourth-order valence-corrected chi connectivity index (χ4v) is 6.23. The molecule has 1 unspecified atom stereocenters. The van der Waals surface area contributed by atoms with Crippen LogP contribution in [0.4, 0.5) is 0 Å². The van der Waals surface area contributed by atoms with E-state index in [1.165, 1.54) is 11.3 Å². The van der Waals surface area contributed by atoms with E-state index in [9.17, 15) is 8.42 Å². The van der Waals surface area contributed by atoms with Crippen molar-refractivity contribution in [3.8, 4) is 10.4 Å². The summed E-state index contributed by atoms with van der Waals surface area (Å²) in [5.74, 6) is 0. The Morgan fingerprint density at radius 2 is 2.08 bits per heavy atom. The summed E-state index contributed by atoms with van der Waals surface area (Å²) in [7, 11) is -3.62. The van der Waals surface area contributed by atoms with Gasteiger partial charge < -0.3 is 5.32 Å². The highest BCUT2D eigenvalue weighted by Gasteiger charge is 2.35. The molecule has 1 N–H and O–H groups in total. The first-order chi connectivity index (χ1) is 11.5. The van der Waals surface area contributed by atoms with Gasteiger partial charge in [0.1, 0.15) is 0 Å². The first-order valence-corrected chi connectivity index (χ1v) is 10.5. The van der Waals surface area contributed by atoms with Crippen LogP contribution in [0.3, 0.4) is 0 Å². The van der Waals surface area contributed by atoms with Crippen LogP contribution in [0.2, 0.25) is 0 Å². The number of piperidine rings is 1. The van der Waals surface area contributed by atoms with Gasteiger partial charge in [-0.1, -0.05) is 37.3 Å². The summed E-state index contributed by atoms with van der Waals surface area (Å²) in [6.45, 7) is 5.87. The molecule has 2 aromatic rings. The molecular weight excluding hydrogens is 342 g/mol. The van der Waals surface area contributed by atoms with Crippen LogP contribution in [-0.2, 0) is 10.0 Å². The summed E-state index contributed by atoms with van der Waals surface area (Å²) in [6, 6.07) is 9.64. The largest absolute Gasteiger partial charge is 0.315 e. The molecule has 1 atom stereocenters. The molecule has 3 rings (SSSR count). The highest BCUT2D eigenvalue weighted by atomic mass is 32.2. The first kappa shape index (κ1) is 17.5. The second kappa shape index (κ2) is 7.31. The maximum absolute atomic E-state index is 13.3. The molecule has 0 bridgehead atoms. The Kier molecular flexibility index (Phi) is 5.34. The SMILES string of the molecule is CCN(C1CCCNC1)S(=O)(=O)c1nc(C)sc1-c1ccccc1. The highest BCUT2D eigenvalue weighted by molar-refractivity contribution is 7.89. The van der Waals surface area contributed by atoms with Crippen LogP contribution in [-0.4, -0.2) is 43.4 Å². The molecule has 130 valence electrons. The standard InChI is InChI=1S/C17H23N3O2S2/c1-3-20(15-10-7-11-18-12-15)24(21,22)17-16(23-13(2)19-17)14-8-5-4-6-9-14/h4-6,8-9,15,18H,3,7,10-12H2,1-2H3. The smallest absolute Gasteiger partial charge is 0.262 e. The molecule has 1 aromatic heterocycles. The minimum absolute atomic E-state index is 0.000575. The number of hydrogen-bond donors (Lipinski definition) is 1. The Labute approximate surface area is 147 Å². The number of rotatable bonds is 5. The lowest BCUT2D eigenvalue weighted by molar-refractivity contribution is 0.274. The number of thiazole rings is 1. The Morgan fingerprint density at radius 3 is 2.71 bits per heavy atom. The zero-order chi connectivity index (χ0) is 17.2. The van der Waals surface area contributed by atoms with E-state index in [4.69, 9.17) is 0 Å². The van der Waals surface area contributed by atoms with Crippen molar-refractivity contribution < 1.29 is 8.42 Å². The molecule has 0 radical (unpaired) electrons. The van der Waals surface area contributed by atoms with E-state index in [-0.39, 0.29) is 11.1 Å². The van der Waals surface area contributed by atoms with Crippen molar-refractivity contribution in [2.24, 2.45) is 0 Å². The summed E-state index contributed by atoms with van der Waals surface area (Å²) in [5, 5.41) is 4.27. The summed E-state index contributed by atoms with van der Waals surface area (Å²) in [4.78, 5) is 5.12. The van der Waals surface area contributed by atoms with E-state index in [2.05, 4.69) is 10.3 Å². The number of hydrogen-bond acceptors (Lipinski definition) is 5. The minimum Gasteiger partial charge on any atom is -0.315 e. The van der Waals surface area contributed by atoms with E-state index in [1.54, 1.807) is 4.31 Å². The summed E-state index contributed by atoms with van der Waals surface area (Å²) < 4.78 is 28.2. The van der Waals surface area contributed by atoms with Crippen molar-refractivity contribution in [1.82, 2.24) is 14.6 Å². The molecule has 7 heteroatoms. The number of aromatic nitrogens is 1. The van der Waals surface area contributed by atoms with Gasteiger partial charge in [-0.2, -0.15) is 4.31 Å². The highest BCUT2D eigenvalue weighted by Crippen LogP contribution is 2.35.